The lowest BCUT2D eigenvalue weighted by Gasteiger charge is -2.25. The molecular weight excluding hydrogens is 212 g/mol. The lowest BCUT2D eigenvalue weighted by atomic mass is 9.84. The Morgan fingerprint density at radius 2 is 1.59 bits per heavy atom. The maximum Gasteiger partial charge on any atom is 0.319 e. The third-order valence-electron chi connectivity index (χ3n) is 3.02. The van der Waals surface area contributed by atoms with Gasteiger partial charge in [0, 0.05) is 7.05 Å². The average Bonchev–Trinajstić information content (AvgIpc) is 2.14. The predicted octanol–water partition coefficient (Wildman–Crippen LogP) is 3.12. The van der Waals surface area contributed by atoms with Crippen LogP contribution in [-0.2, 0) is 5.41 Å². The van der Waals surface area contributed by atoms with Crippen molar-refractivity contribution in [1.82, 2.24) is 0 Å². The van der Waals surface area contributed by atoms with Gasteiger partial charge in [0.15, 0.2) is 0 Å². The average molecular weight is 234 g/mol. The van der Waals surface area contributed by atoms with Gasteiger partial charge in [-0.15, -0.1) is 0 Å². The summed E-state index contributed by atoms with van der Waals surface area (Å²) in [4.78, 5) is 12.7. The normalized spacial score (nSPS) is 11.4. The van der Waals surface area contributed by atoms with Crippen LogP contribution in [0.3, 0.4) is 0 Å². The SMILES string of the molecule is Cc1cc(C(C)(C)C)cc(C)c1N(C)C(N)=O. The first kappa shape index (κ1) is 13.6. The van der Waals surface area contributed by atoms with Crippen molar-refractivity contribution in [2.45, 2.75) is 40.0 Å². The Hall–Kier alpha value is -1.51. The first-order chi connectivity index (χ1) is 7.64. The first-order valence-electron chi connectivity index (χ1n) is 5.79. The number of benzene rings is 1. The summed E-state index contributed by atoms with van der Waals surface area (Å²) in [6, 6.07) is 3.82. The largest absolute Gasteiger partial charge is 0.351 e. The third-order valence-corrected chi connectivity index (χ3v) is 3.02. The summed E-state index contributed by atoms with van der Waals surface area (Å²) < 4.78 is 0. The molecule has 0 aliphatic heterocycles. The monoisotopic (exact) mass is 234 g/mol. The Kier molecular flexibility index (Phi) is 3.51. The Morgan fingerprint density at radius 3 is 1.88 bits per heavy atom. The van der Waals surface area contributed by atoms with Crippen molar-refractivity contribution in [1.29, 1.82) is 0 Å². The molecule has 0 saturated heterocycles. The third kappa shape index (κ3) is 2.78. The Balaban J connectivity index is 3.34. The molecule has 2 N–H and O–H groups in total. The number of hydrogen-bond donors (Lipinski definition) is 1. The van der Waals surface area contributed by atoms with E-state index in [2.05, 4.69) is 32.9 Å². The number of urea groups is 1. The molecule has 0 unspecified atom stereocenters. The number of primary amides is 1. The van der Waals surface area contributed by atoms with Gasteiger partial charge in [-0.1, -0.05) is 32.9 Å². The summed E-state index contributed by atoms with van der Waals surface area (Å²) >= 11 is 0. The summed E-state index contributed by atoms with van der Waals surface area (Å²) in [5, 5.41) is 0. The molecule has 17 heavy (non-hydrogen) atoms. The summed E-state index contributed by atoms with van der Waals surface area (Å²) in [5.74, 6) is 0. The quantitative estimate of drug-likeness (QED) is 0.797. The van der Waals surface area contributed by atoms with Crippen LogP contribution in [0.15, 0.2) is 12.1 Å². The molecule has 1 aromatic carbocycles. The first-order valence-corrected chi connectivity index (χ1v) is 5.79. The molecule has 0 aliphatic carbocycles. The number of anilines is 1. The molecule has 0 atom stereocenters. The zero-order chi connectivity index (χ0) is 13.4. The molecule has 0 heterocycles. The number of carbonyl (C=O) groups excluding carboxylic acids is 1. The molecule has 3 nitrogen and oxygen atoms in total. The van der Waals surface area contributed by atoms with Gasteiger partial charge >= 0.3 is 6.03 Å². The highest BCUT2D eigenvalue weighted by atomic mass is 16.2. The van der Waals surface area contributed by atoms with E-state index >= 15 is 0 Å². The van der Waals surface area contributed by atoms with Crippen molar-refractivity contribution < 1.29 is 4.79 Å². The smallest absolute Gasteiger partial charge is 0.319 e. The van der Waals surface area contributed by atoms with Crippen LogP contribution in [0.25, 0.3) is 0 Å². The minimum absolute atomic E-state index is 0.110. The second-order valence-electron chi connectivity index (χ2n) is 5.61. The Labute approximate surface area is 104 Å². The number of hydrogen-bond acceptors (Lipinski definition) is 1. The number of nitrogens with zero attached hydrogens (tertiary/aromatic N) is 1. The van der Waals surface area contributed by atoms with Gasteiger partial charge in [0.05, 0.1) is 5.69 Å². The topological polar surface area (TPSA) is 46.3 Å². The van der Waals surface area contributed by atoms with Gasteiger partial charge in [-0.05, 0) is 36.0 Å². The minimum Gasteiger partial charge on any atom is -0.351 e. The molecule has 2 amide bonds. The van der Waals surface area contributed by atoms with Crippen molar-refractivity contribution in [3.63, 3.8) is 0 Å². The number of amides is 2. The van der Waals surface area contributed by atoms with Crippen LogP contribution < -0.4 is 10.6 Å². The molecule has 1 rings (SSSR count). The number of rotatable bonds is 1. The minimum atomic E-state index is -0.431. The van der Waals surface area contributed by atoms with Gasteiger partial charge in [0.1, 0.15) is 0 Å². The standard InChI is InChI=1S/C14H22N2O/c1-9-7-11(14(3,4)5)8-10(2)12(9)16(6)13(15)17/h7-8H,1-6H3,(H2,15,17). The second-order valence-corrected chi connectivity index (χ2v) is 5.61. The van der Waals surface area contributed by atoms with Crippen LogP contribution in [0.2, 0.25) is 0 Å². The molecule has 0 saturated carbocycles. The highest BCUT2D eigenvalue weighted by molar-refractivity contribution is 5.92. The van der Waals surface area contributed by atoms with E-state index in [1.165, 1.54) is 10.5 Å². The lowest BCUT2D eigenvalue weighted by Crippen LogP contribution is -2.33. The van der Waals surface area contributed by atoms with E-state index in [9.17, 15) is 4.79 Å². The van der Waals surface area contributed by atoms with E-state index in [-0.39, 0.29) is 5.41 Å². The van der Waals surface area contributed by atoms with Crippen molar-refractivity contribution in [2.75, 3.05) is 11.9 Å². The Morgan fingerprint density at radius 1 is 1.18 bits per heavy atom. The van der Waals surface area contributed by atoms with Crippen LogP contribution in [0.4, 0.5) is 10.5 Å². The fourth-order valence-electron chi connectivity index (χ4n) is 2.03. The second kappa shape index (κ2) is 4.40. The fourth-order valence-corrected chi connectivity index (χ4v) is 2.03. The molecule has 0 spiro atoms. The van der Waals surface area contributed by atoms with Crippen molar-refractivity contribution >= 4 is 11.7 Å². The van der Waals surface area contributed by atoms with Gasteiger partial charge in [-0.25, -0.2) is 4.79 Å². The van der Waals surface area contributed by atoms with Crippen LogP contribution in [0.5, 0.6) is 0 Å². The van der Waals surface area contributed by atoms with Crippen LogP contribution in [0, 0.1) is 13.8 Å². The van der Waals surface area contributed by atoms with E-state index in [1.807, 2.05) is 13.8 Å². The zero-order valence-electron chi connectivity index (χ0n) is 11.6. The summed E-state index contributed by atoms with van der Waals surface area (Å²) in [6.45, 7) is 10.6. The van der Waals surface area contributed by atoms with E-state index in [0.717, 1.165) is 16.8 Å². The van der Waals surface area contributed by atoms with Crippen LogP contribution in [0.1, 0.15) is 37.5 Å². The molecule has 0 aromatic heterocycles. The van der Waals surface area contributed by atoms with Gasteiger partial charge in [-0.3, -0.25) is 4.90 Å². The molecule has 3 heteroatoms. The number of carbonyl (C=O) groups is 1. The molecule has 0 aliphatic rings. The highest BCUT2D eigenvalue weighted by Crippen LogP contribution is 2.31. The van der Waals surface area contributed by atoms with E-state index in [4.69, 9.17) is 5.73 Å². The molecule has 94 valence electrons. The number of aryl methyl sites for hydroxylation is 2. The summed E-state index contributed by atoms with van der Waals surface area (Å²) in [7, 11) is 1.70. The maximum atomic E-state index is 11.2. The van der Waals surface area contributed by atoms with Gasteiger partial charge in [-0.2, -0.15) is 0 Å². The van der Waals surface area contributed by atoms with E-state index in [1.54, 1.807) is 7.05 Å². The fraction of sp³-hybridized carbons (Fsp3) is 0.500. The van der Waals surface area contributed by atoms with Crippen LogP contribution in [-0.4, -0.2) is 13.1 Å². The molecule has 0 fully saturated rings. The predicted molar refractivity (Wildman–Crippen MR) is 72.6 cm³/mol. The number of nitrogens with two attached hydrogens (primary N) is 1. The summed E-state index contributed by atoms with van der Waals surface area (Å²) in [5.41, 5.74) is 9.77. The van der Waals surface area contributed by atoms with Crippen molar-refractivity contribution in [3.8, 4) is 0 Å². The molecule has 1 aromatic rings. The molecule has 0 bridgehead atoms. The van der Waals surface area contributed by atoms with Gasteiger partial charge in [0.2, 0.25) is 0 Å². The van der Waals surface area contributed by atoms with Crippen molar-refractivity contribution in [3.05, 3.63) is 28.8 Å². The zero-order valence-corrected chi connectivity index (χ0v) is 11.6. The van der Waals surface area contributed by atoms with E-state index < -0.39 is 6.03 Å². The van der Waals surface area contributed by atoms with Gasteiger partial charge in [0.25, 0.3) is 0 Å². The molecule has 0 radical (unpaired) electrons. The van der Waals surface area contributed by atoms with Crippen LogP contribution >= 0.6 is 0 Å². The summed E-state index contributed by atoms with van der Waals surface area (Å²) in [6.07, 6.45) is 0. The maximum absolute atomic E-state index is 11.2. The van der Waals surface area contributed by atoms with Gasteiger partial charge < -0.3 is 5.73 Å². The highest BCUT2D eigenvalue weighted by Gasteiger charge is 2.18. The molecular formula is C14H22N2O. The lowest BCUT2D eigenvalue weighted by molar-refractivity contribution is 0.255. The Bertz CT molecular complexity index is 421. The van der Waals surface area contributed by atoms with E-state index in [0.29, 0.717) is 0 Å². The van der Waals surface area contributed by atoms with Crippen molar-refractivity contribution in [2.24, 2.45) is 5.73 Å².